The maximum atomic E-state index is 13.4. The summed E-state index contributed by atoms with van der Waals surface area (Å²) in [6.45, 7) is 6.93. The second-order valence-electron chi connectivity index (χ2n) is 10.7. The minimum atomic E-state index is -1.57. The van der Waals surface area contributed by atoms with E-state index in [1.807, 2.05) is 61.6 Å². The molecular weight excluding hydrogens is 462 g/mol. The Hall–Kier alpha value is -4.03. The van der Waals surface area contributed by atoms with Crippen molar-refractivity contribution in [2.45, 2.75) is 25.8 Å². The largest absolute Gasteiger partial charge is 0.327 e. The molecule has 0 aliphatic heterocycles. The van der Waals surface area contributed by atoms with Gasteiger partial charge in [0.05, 0.1) is 24.9 Å². The third kappa shape index (κ3) is 3.57. The van der Waals surface area contributed by atoms with Gasteiger partial charge in [0, 0.05) is 24.3 Å². The Balaban J connectivity index is 1.51. The number of allylic oxidation sites excluding steroid dienone is 1. The summed E-state index contributed by atoms with van der Waals surface area (Å²) in [6, 6.07) is 23.9. The number of fused-ring (bicyclic) bond motifs is 3. The van der Waals surface area contributed by atoms with Gasteiger partial charge in [-0.15, -0.1) is 0 Å². The normalized spacial score (nSPS) is 13.7. The van der Waals surface area contributed by atoms with E-state index >= 15 is 0 Å². The van der Waals surface area contributed by atoms with Crippen LogP contribution in [0.5, 0.6) is 0 Å². The number of aryl methyl sites for hydroxylation is 1. The van der Waals surface area contributed by atoms with Gasteiger partial charge in [-0.05, 0) is 40.6 Å². The van der Waals surface area contributed by atoms with E-state index in [4.69, 9.17) is 4.98 Å². The number of hydrogen-bond donors (Lipinski definition) is 0. The van der Waals surface area contributed by atoms with Crippen LogP contribution in [0, 0.1) is 0 Å². The fourth-order valence-electron chi connectivity index (χ4n) is 5.11. The fourth-order valence-corrected chi connectivity index (χ4v) is 6.39. The van der Waals surface area contributed by atoms with Crippen molar-refractivity contribution >= 4 is 47.7 Å². The standard InChI is InChI=1S/C30H27N3O2Si/c1-32-25(19-10-6-5-7-11-19)17-26-30(32)31-27(33(26)18-36(2,3)4)16-24-28(34)22-14-20-12-8-9-13-21(20)15-23(22)29(24)35/h5-17H,18H2,1-4H3. The highest BCUT2D eigenvalue weighted by molar-refractivity contribution is 6.75. The summed E-state index contributed by atoms with van der Waals surface area (Å²) < 4.78 is 4.29. The molecule has 0 fully saturated rings. The molecule has 0 bridgehead atoms. The molecule has 1 aliphatic carbocycles. The predicted octanol–water partition coefficient (Wildman–Crippen LogP) is 6.54. The first-order valence-corrected chi connectivity index (χ1v) is 15.9. The smallest absolute Gasteiger partial charge is 0.197 e. The number of benzene rings is 3. The lowest BCUT2D eigenvalue weighted by Gasteiger charge is -2.18. The highest BCUT2D eigenvalue weighted by Crippen LogP contribution is 2.33. The number of ketones is 2. The first kappa shape index (κ1) is 22.4. The van der Waals surface area contributed by atoms with Crippen molar-refractivity contribution < 1.29 is 9.59 Å². The van der Waals surface area contributed by atoms with Gasteiger partial charge in [0.25, 0.3) is 0 Å². The van der Waals surface area contributed by atoms with Crippen LogP contribution in [0.2, 0.25) is 19.6 Å². The molecule has 2 aromatic heterocycles. The Morgan fingerprint density at radius 3 is 2.00 bits per heavy atom. The number of aromatic nitrogens is 3. The average Bonchev–Trinajstić information content (AvgIpc) is 3.43. The Morgan fingerprint density at radius 2 is 1.42 bits per heavy atom. The van der Waals surface area contributed by atoms with Crippen molar-refractivity contribution in [2.75, 3.05) is 0 Å². The van der Waals surface area contributed by atoms with Gasteiger partial charge < -0.3 is 9.13 Å². The second kappa shape index (κ2) is 8.00. The monoisotopic (exact) mass is 489 g/mol. The Bertz CT molecular complexity index is 1680. The van der Waals surface area contributed by atoms with Gasteiger partial charge >= 0.3 is 0 Å². The molecule has 178 valence electrons. The SMILES string of the molecule is Cn1c(-c2ccccc2)cc2c1nc(C=C1C(=O)c3cc4ccccc4cc3C1=O)n2C[Si](C)(C)C. The third-order valence-electron chi connectivity index (χ3n) is 6.81. The topological polar surface area (TPSA) is 56.9 Å². The Kier molecular flexibility index (Phi) is 4.98. The van der Waals surface area contributed by atoms with Crippen LogP contribution in [0.25, 0.3) is 39.3 Å². The fraction of sp³-hybridized carbons (Fsp3) is 0.167. The lowest BCUT2D eigenvalue weighted by atomic mass is 10.0. The molecule has 0 saturated carbocycles. The maximum Gasteiger partial charge on any atom is 0.197 e. The molecule has 36 heavy (non-hydrogen) atoms. The number of carbonyl (C=O) groups excluding carboxylic acids is 2. The molecule has 6 rings (SSSR count). The minimum absolute atomic E-state index is 0.190. The van der Waals surface area contributed by atoms with E-state index in [1.165, 1.54) is 0 Å². The summed E-state index contributed by atoms with van der Waals surface area (Å²) >= 11 is 0. The molecule has 2 heterocycles. The van der Waals surface area contributed by atoms with E-state index in [1.54, 1.807) is 6.08 Å². The van der Waals surface area contributed by atoms with Crippen LogP contribution < -0.4 is 0 Å². The summed E-state index contributed by atoms with van der Waals surface area (Å²) in [5.41, 5.74) is 5.22. The molecule has 0 spiro atoms. The van der Waals surface area contributed by atoms with Crippen molar-refractivity contribution in [3.05, 3.63) is 95.3 Å². The van der Waals surface area contributed by atoms with E-state index in [2.05, 4.69) is 47.0 Å². The third-order valence-corrected chi connectivity index (χ3v) is 8.07. The maximum absolute atomic E-state index is 13.4. The first-order chi connectivity index (χ1) is 17.2. The van der Waals surface area contributed by atoms with Gasteiger partial charge in [0.1, 0.15) is 5.82 Å². The predicted molar refractivity (Wildman–Crippen MR) is 148 cm³/mol. The summed E-state index contributed by atoms with van der Waals surface area (Å²) in [6.07, 6.45) is 2.54. The molecule has 5 aromatic rings. The Morgan fingerprint density at radius 1 is 0.833 bits per heavy atom. The highest BCUT2D eigenvalue weighted by Gasteiger charge is 2.34. The molecule has 6 heteroatoms. The average molecular weight is 490 g/mol. The van der Waals surface area contributed by atoms with Crippen LogP contribution in [0.1, 0.15) is 26.5 Å². The molecule has 0 atom stereocenters. The molecule has 3 aromatic carbocycles. The number of rotatable bonds is 4. The van der Waals surface area contributed by atoms with E-state index in [0.29, 0.717) is 17.0 Å². The van der Waals surface area contributed by atoms with Gasteiger partial charge in [0.2, 0.25) is 0 Å². The van der Waals surface area contributed by atoms with Crippen LogP contribution in [0.4, 0.5) is 0 Å². The molecular formula is C30H27N3O2Si. The molecule has 0 unspecified atom stereocenters. The quantitative estimate of drug-likeness (QED) is 0.164. The van der Waals surface area contributed by atoms with Crippen LogP contribution in [-0.4, -0.2) is 33.8 Å². The van der Waals surface area contributed by atoms with E-state index in [-0.39, 0.29) is 17.1 Å². The molecule has 1 aliphatic rings. The molecule has 0 radical (unpaired) electrons. The lowest BCUT2D eigenvalue weighted by molar-refractivity contribution is 0.0990. The van der Waals surface area contributed by atoms with E-state index in [0.717, 1.165) is 39.4 Å². The van der Waals surface area contributed by atoms with Gasteiger partial charge in [-0.25, -0.2) is 4.98 Å². The molecule has 0 amide bonds. The Labute approximate surface area is 210 Å². The van der Waals surface area contributed by atoms with Crippen LogP contribution in [-0.2, 0) is 13.2 Å². The molecule has 0 N–H and O–H groups in total. The van der Waals surface area contributed by atoms with E-state index in [9.17, 15) is 9.59 Å². The second-order valence-corrected chi connectivity index (χ2v) is 16.2. The summed E-state index contributed by atoms with van der Waals surface area (Å²) in [4.78, 5) is 31.7. The zero-order valence-electron chi connectivity index (χ0n) is 20.9. The van der Waals surface area contributed by atoms with Gasteiger partial charge in [-0.1, -0.05) is 74.2 Å². The van der Waals surface area contributed by atoms with Crippen LogP contribution >= 0.6 is 0 Å². The lowest BCUT2D eigenvalue weighted by Crippen LogP contribution is -2.28. The van der Waals surface area contributed by atoms with Crippen molar-refractivity contribution in [3.63, 3.8) is 0 Å². The summed E-state index contributed by atoms with van der Waals surface area (Å²) in [5.74, 6) is 0.210. The molecule has 0 saturated heterocycles. The minimum Gasteiger partial charge on any atom is -0.327 e. The number of carbonyl (C=O) groups is 2. The van der Waals surface area contributed by atoms with Crippen molar-refractivity contribution in [3.8, 4) is 11.3 Å². The highest BCUT2D eigenvalue weighted by atomic mass is 28.3. The van der Waals surface area contributed by atoms with Crippen molar-refractivity contribution in [2.24, 2.45) is 7.05 Å². The number of Topliss-reactive ketones (excluding diaryl/α,β-unsaturated/α-hetero) is 2. The zero-order valence-corrected chi connectivity index (χ0v) is 21.9. The number of hydrogen-bond acceptors (Lipinski definition) is 3. The van der Waals surface area contributed by atoms with Crippen molar-refractivity contribution in [1.29, 1.82) is 0 Å². The molecule has 5 nitrogen and oxygen atoms in total. The van der Waals surface area contributed by atoms with E-state index < -0.39 is 8.07 Å². The number of imidazole rings is 1. The van der Waals surface area contributed by atoms with Crippen molar-refractivity contribution in [1.82, 2.24) is 14.1 Å². The number of nitrogens with zero attached hydrogens (tertiary/aromatic N) is 3. The summed E-state index contributed by atoms with van der Waals surface area (Å²) in [5, 5.41) is 1.91. The summed E-state index contributed by atoms with van der Waals surface area (Å²) in [7, 11) is 0.445. The van der Waals surface area contributed by atoms with Gasteiger partial charge in [-0.2, -0.15) is 0 Å². The van der Waals surface area contributed by atoms with Gasteiger partial charge in [0.15, 0.2) is 17.2 Å². The van der Waals surface area contributed by atoms with Crippen LogP contribution in [0.15, 0.2) is 78.4 Å². The van der Waals surface area contributed by atoms with Gasteiger partial charge in [-0.3, -0.25) is 9.59 Å². The van der Waals surface area contributed by atoms with Crippen LogP contribution in [0.3, 0.4) is 0 Å². The zero-order chi connectivity index (χ0) is 25.2. The first-order valence-electron chi connectivity index (χ1n) is 12.2.